The molecule has 0 aliphatic carbocycles. The number of aliphatic carboxylic acids is 1. The minimum atomic E-state index is -0.788. The van der Waals surface area contributed by atoms with Crippen LogP contribution in [0, 0.1) is 6.92 Å². The van der Waals surface area contributed by atoms with E-state index in [1.165, 1.54) is 16.9 Å². The Hall–Kier alpha value is -1.52. The van der Waals surface area contributed by atoms with Crippen LogP contribution in [0.25, 0.3) is 0 Å². The number of thiophene rings is 1. The van der Waals surface area contributed by atoms with E-state index in [0.29, 0.717) is 6.54 Å². The molecule has 1 heterocycles. The van der Waals surface area contributed by atoms with Gasteiger partial charge in [-0.05, 0) is 38.1 Å². The van der Waals surface area contributed by atoms with Gasteiger partial charge in [-0.1, -0.05) is 29.3 Å². The number of rotatable bonds is 6. The first-order valence-electron chi connectivity index (χ1n) is 6.77. The van der Waals surface area contributed by atoms with Crippen LogP contribution in [0.15, 0.2) is 36.4 Å². The van der Waals surface area contributed by atoms with Crippen LogP contribution in [-0.4, -0.2) is 17.6 Å². The molecule has 1 aromatic heterocycles. The molecule has 0 spiro atoms. The van der Waals surface area contributed by atoms with E-state index in [1.807, 2.05) is 43.3 Å². The Labute approximate surface area is 133 Å². The third-order valence-corrected chi connectivity index (χ3v) is 4.81. The predicted molar refractivity (Wildman–Crippen MR) is 88.5 cm³/mol. The number of halogens is 1. The maximum atomic E-state index is 10.9. The molecule has 0 fully saturated rings. The first-order chi connectivity index (χ1) is 9.97. The maximum absolute atomic E-state index is 10.9. The molecule has 112 valence electrons. The molecule has 0 saturated heterocycles. The Morgan fingerprint density at radius 1 is 1.29 bits per heavy atom. The lowest BCUT2D eigenvalue weighted by molar-refractivity contribution is -0.136. The van der Waals surface area contributed by atoms with E-state index in [9.17, 15) is 4.79 Å². The van der Waals surface area contributed by atoms with Gasteiger partial charge in [0.25, 0.3) is 0 Å². The van der Waals surface area contributed by atoms with Crippen LogP contribution in [0.4, 0.5) is 5.69 Å². The fourth-order valence-corrected chi connectivity index (χ4v) is 3.33. The van der Waals surface area contributed by atoms with Crippen LogP contribution in [0.1, 0.15) is 29.8 Å². The van der Waals surface area contributed by atoms with E-state index < -0.39 is 5.97 Å². The van der Waals surface area contributed by atoms with Gasteiger partial charge >= 0.3 is 5.97 Å². The van der Waals surface area contributed by atoms with Gasteiger partial charge in [0.2, 0.25) is 0 Å². The van der Waals surface area contributed by atoms with E-state index in [1.54, 1.807) is 0 Å². The van der Waals surface area contributed by atoms with Gasteiger partial charge in [-0.2, -0.15) is 0 Å². The van der Waals surface area contributed by atoms with Crippen molar-refractivity contribution in [2.45, 2.75) is 26.3 Å². The van der Waals surface area contributed by atoms with Crippen molar-refractivity contribution in [3.63, 3.8) is 0 Å². The van der Waals surface area contributed by atoms with Crippen molar-refractivity contribution in [2.24, 2.45) is 0 Å². The van der Waals surface area contributed by atoms with Crippen molar-refractivity contribution < 1.29 is 9.90 Å². The summed E-state index contributed by atoms with van der Waals surface area (Å²) in [7, 11) is 0. The molecule has 1 N–H and O–H groups in total. The van der Waals surface area contributed by atoms with E-state index in [-0.39, 0.29) is 12.5 Å². The van der Waals surface area contributed by atoms with E-state index in [2.05, 4.69) is 11.8 Å². The monoisotopic (exact) mass is 323 g/mol. The zero-order chi connectivity index (χ0) is 15.4. The molecular formula is C16H18ClNO2S. The molecule has 1 aromatic carbocycles. The smallest absolute Gasteiger partial charge is 0.305 e. The number of hydrogen-bond acceptors (Lipinski definition) is 3. The number of carboxylic acids is 1. The van der Waals surface area contributed by atoms with E-state index >= 15 is 0 Å². The lowest BCUT2D eigenvalue weighted by atomic mass is 10.1. The summed E-state index contributed by atoms with van der Waals surface area (Å²) < 4.78 is 0.749. The van der Waals surface area contributed by atoms with Gasteiger partial charge in [-0.15, -0.1) is 11.3 Å². The first-order valence-corrected chi connectivity index (χ1v) is 7.97. The van der Waals surface area contributed by atoms with Crippen LogP contribution >= 0.6 is 22.9 Å². The Kier molecular flexibility index (Phi) is 5.26. The van der Waals surface area contributed by atoms with Crippen molar-refractivity contribution in [2.75, 3.05) is 11.4 Å². The number of carbonyl (C=O) groups is 1. The van der Waals surface area contributed by atoms with Crippen LogP contribution in [0.2, 0.25) is 4.34 Å². The van der Waals surface area contributed by atoms with E-state index in [4.69, 9.17) is 16.7 Å². The molecular weight excluding hydrogens is 306 g/mol. The van der Waals surface area contributed by atoms with Crippen LogP contribution in [0.5, 0.6) is 0 Å². The zero-order valence-corrected chi connectivity index (χ0v) is 13.6. The number of nitrogens with zero attached hydrogens (tertiary/aromatic N) is 1. The fourth-order valence-electron chi connectivity index (χ4n) is 2.21. The average Bonchev–Trinajstić information content (AvgIpc) is 2.87. The van der Waals surface area contributed by atoms with E-state index in [0.717, 1.165) is 14.9 Å². The van der Waals surface area contributed by atoms with Gasteiger partial charge in [0.15, 0.2) is 0 Å². The summed E-state index contributed by atoms with van der Waals surface area (Å²) in [5.41, 5.74) is 2.21. The van der Waals surface area contributed by atoms with Crippen molar-refractivity contribution in [1.82, 2.24) is 0 Å². The third-order valence-electron chi connectivity index (χ3n) is 3.41. The topological polar surface area (TPSA) is 40.5 Å². The summed E-state index contributed by atoms with van der Waals surface area (Å²) in [6, 6.07) is 12.1. The number of hydrogen-bond donors (Lipinski definition) is 1. The molecule has 2 rings (SSSR count). The molecule has 21 heavy (non-hydrogen) atoms. The minimum Gasteiger partial charge on any atom is -0.481 e. The van der Waals surface area contributed by atoms with Gasteiger partial charge < -0.3 is 10.0 Å². The largest absolute Gasteiger partial charge is 0.481 e. The molecule has 0 aliphatic rings. The third kappa shape index (κ3) is 4.22. The standard InChI is InChI=1S/C16H18ClNO2S/c1-11-3-5-13(6-4-11)18(10-9-16(19)20)12(2)14-7-8-15(17)21-14/h3-8,12H,9-10H2,1-2H3,(H,19,20). The molecule has 0 aliphatic heterocycles. The van der Waals surface area contributed by atoms with Crippen LogP contribution in [0.3, 0.4) is 0 Å². The highest BCUT2D eigenvalue weighted by atomic mass is 35.5. The number of aryl methyl sites for hydroxylation is 1. The number of benzene rings is 1. The molecule has 1 unspecified atom stereocenters. The Bertz CT molecular complexity index is 609. The van der Waals surface area contributed by atoms with Crippen molar-refractivity contribution in [3.05, 3.63) is 51.2 Å². The second-order valence-corrected chi connectivity index (χ2v) is 6.74. The highest BCUT2D eigenvalue weighted by Gasteiger charge is 2.19. The minimum absolute atomic E-state index is 0.0876. The average molecular weight is 324 g/mol. The molecule has 0 saturated carbocycles. The number of carboxylic acid groups (broad SMARTS) is 1. The summed E-state index contributed by atoms with van der Waals surface area (Å²) in [6.07, 6.45) is 0.108. The molecule has 0 radical (unpaired) electrons. The van der Waals surface area contributed by atoms with Gasteiger partial charge in [0.1, 0.15) is 0 Å². The van der Waals surface area contributed by atoms with Gasteiger partial charge in [0, 0.05) is 17.1 Å². The molecule has 1 atom stereocenters. The zero-order valence-electron chi connectivity index (χ0n) is 12.0. The highest BCUT2D eigenvalue weighted by molar-refractivity contribution is 7.16. The quantitative estimate of drug-likeness (QED) is 0.833. The lowest BCUT2D eigenvalue weighted by Gasteiger charge is -2.30. The Balaban J connectivity index is 2.26. The summed E-state index contributed by atoms with van der Waals surface area (Å²) in [4.78, 5) is 14.1. The van der Waals surface area contributed by atoms with Crippen molar-refractivity contribution in [3.8, 4) is 0 Å². The molecule has 0 bridgehead atoms. The van der Waals surface area contributed by atoms with Gasteiger partial charge in [-0.3, -0.25) is 4.79 Å². The molecule has 3 nitrogen and oxygen atoms in total. The summed E-state index contributed by atoms with van der Waals surface area (Å²) in [5.74, 6) is -0.788. The summed E-state index contributed by atoms with van der Waals surface area (Å²) >= 11 is 7.54. The Morgan fingerprint density at radius 2 is 1.95 bits per heavy atom. The molecule has 2 aromatic rings. The Morgan fingerprint density at radius 3 is 2.48 bits per heavy atom. The van der Waals surface area contributed by atoms with Gasteiger partial charge in [0.05, 0.1) is 16.8 Å². The van der Waals surface area contributed by atoms with Gasteiger partial charge in [-0.25, -0.2) is 0 Å². The van der Waals surface area contributed by atoms with Crippen LogP contribution in [-0.2, 0) is 4.79 Å². The van der Waals surface area contributed by atoms with Crippen molar-refractivity contribution >= 4 is 34.6 Å². The fraction of sp³-hybridized carbons (Fsp3) is 0.312. The lowest BCUT2D eigenvalue weighted by Crippen LogP contribution is -2.28. The van der Waals surface area contributed by atoms with Crippen molar-refractivity contribution in [1.29, 1.82) is 0 Å². The van der Waals surface area contributed by atoms with Crippen LogP contribution < -0.4 is 4.90 Å². The summed E-state index contributed by atoms with van der Waals surface area (Å²) in [6.45, 7) is 4.58. The predicted octanol–water partition coefficient (Wildman–Crippen LogP) is 4.75. The maximum Gasteiger partial charge on any atom is 0.305 e. The molecule has 0 amide bonds. The second kappa shape index (κ2) is 6.96. The number of anilines is 1. The normalized spacial score (nSPS) is 12.1. The molecule has 5 heteroatoms. The SMILES string of the molecule is Cc1ccc(N(CCC(=O)O)C(C)c2ccc(Cl)s2)cc1. The second-order valence-electron chi connectivity index (χ2n) is 4.99. The highest BCUT2D eigenvalue weighted by Crippen LogP contribution is 2.33. The first kappa shape index (κ1) is 15.9. The summed E-state index contributed by atoms with van der Waals surface area (Å²) in [5, 5.41) is 8.96.